The fourth-order valence-electron chi connectivity index (χ4n) is 1.57. The zero-order chi connectivity index (χ0) is 14.5. The molecular formula is C13H17F2NO3. The van der Waals surface area contributed by atoms with Crippen LogP contribution < -0.4 is 10.1 Å². The van der Waals surface area contributed by atoms with Gasteiger partial charge in [0.05, 0.1) is 5.56 Å². The smallest absolute Gasteiger partial charge is 0.387 e. The number of carbonyl (C=O) groups is 1. The Morgan fingerprint density at radius 3 is 2.63 bits per heavy atom. The molecule has 1 aromatic carbocycles. The van der Waals surface area contributed by atoms with E-state index >= 15 is 0 Å². The number of aliphatic hydroxyl groups excluding tert-OH is 1. The van der Waals surface area contributed by atoms with Gasteiger partial charge in [-0.3, -0.25) is 4.79 Å². The first-order chi connectivity index (χ1) is 8.85. The van der Waals surface area contributed by atoms with Crippen LogP contribution in [0.5, 0.6) is 5.75 Å². The summed E-state index contributed by atoms with van der Waals surface area (Å²) in [4.78, 5) is 12.0. The van der Waals surface area contributed by atoms with E-state index in [-0.39, 0.29) is 17.9 Å². The minimum atomic E-state index is -2.99. The van der Waals surface area contributed by atoms with Crippen LogP contribution in [0.25, 0.3) is 0 Å². The molecular weight excluding hydrogens is 256 g/mol. The molecule has 0 radical (unpaired) electrons. The molecule has 0 fully saturated rings. The lowest BCUT2D eigenvalue weighted by Gasteiger charge is -2.25. The molecule has 0 saturated heterocycles. The van der Waals surface area contributed by atoms with E-state index in [1.165, 1.54) is 18.2 Å². The van der Waals surface area contributed by atoms with Gasteiger partial charge in [-0.15, -0.1) is 0 Å². The Morgan fingerprint density at radius 2 is 2.05 bits per heavy atom. The van der Waals surface area contributed by atoms with Crippen molar-refractivity contribution in [1.82, 2.24) is 5.32 Å². The normalized spacial score (nSPS) is 11.5. The van der Waals surface area contributed by atoms with Crippen molar-refractivity contribution in [2.24, 2.45) is 0 Å². The van der Waals surface area contributed by atoms with Gasteiger partial charge >= 0.3 is 6.61 Å². The number of amides is 1. The Morgan fingerprint density at radius 1 is 1.42 bits per heavy atom. The fourth-order valence-corrected chi connectivity index (χ4v) is 1.57. The zero-order valence-electron chi connectivity index (χ0n) is 10.8. The molecule has 0 saturated carbocycles. The van der Waals surface area contributed by atoms with Crippen molar-refractivity contribution >= 4 is 5.91 Å². The first kappa shape index (κ1) is 15.4. The number of aliphatic hydroxyl groups is 1. The van der Waals surface area contributed by atoms with E-state index in [0.717, 1.165) is 0 Å². The van der Waals surface area contributed by atoms with Gasteiger partial charge in [0, 0.05) is 12.1 Å². The van der Waals surface area contributed by atoms with Gasteiger partial charge in [0.15, 0.2) is 0 Å². The third-order valence-corrected chi connectivity index (χ3v) is 2.54. The van der Waals surface area contributed by atoms with Crippen LogP contribution in [0.2, 0.25) is 0 Å². The highest BCUT2D eigenvalue weighted by atomic mass is 19.3. The van der Waals surface area contributed by atoms with E-state index in [1.807, 2.05) is 0 Å². The summed E-state index contributed by atoms with van der Waals surface area (Å²) in [5.74, 6) is -0.690. The Bertz CT molecular complexity index is 436. The van der Waals surface area contributed by atoms with E-state index in [0.29, 0.717) is 6.42 Å². The molecule has 0 heterocycles. The molecule has 2 N–H and O–H groups in total. The van der Waals surface area contributed by atoms with Gasteiger partial charge in [-0.1, -0.05) is 12.1 Å². The van der Waals surface area contributed by atoms with Crippen molar-refractivity contribution in [3.05, 3.63) is 29.8 Å². The molecule has 0 aliphatic carbocycles. The van der Waals surface area contributed by atoms with Crippen LogP contribution >= 0.6 is 0 Å². The molecule has 1 rings (SSSR count). The summed E-state index contributed by atoms with van der Waals surface area (Å²) in [6.07, 6.45) is 0.358. The fraction of sp³-hybridized carbons (Fsp3) is 0.462. The number of ether oxygens (including phenoxy) is 1. The zero-order valence-corrected chi connectivity index (χ0v) is 10.8. The van der Waals surface area contributed by atoms with Crippen LogP contribution in [0, 0.1) is 0 Å². The number of alkyl halides is 2. The van der Waals surface area contributed by atoms with Crippen LogP contribution in [-0.4, -0.2) is 29.8 Å². The van der Waals surface area contributed by atoms with E-state index in [2.05, 4.69) is 10.1 Å². The lowest BCUT2D eigenvalue weighted by atomic mass is 10.0. The SMILES string of the molecule is CC(C)(CCO)NC(=O)c1ccccc1OC(F)F. The summed E-state index contributed by atoms with van der Waals surface area (Å²) < 4.78 is 28.8. The quantitative estimate of drug-likeness (QED) is 0.835. The third kappa shape index (κ3) is 4.82. The lowest BCUT2D eigenvalue weighted by molar-refractivity contribution is -0.0501. The van der Waals surface area contributed by atoms with Crippen LogP contribution in [0.3, 0.4) is 0 Å². The maximum absolute atomic E-state index is 12.2. The van der Waals surface area contributed by atoms with Gasteiger partial charge in [-0.05, 0) is 32.4 Å². The van der Waals surface area contributed by atoms with Crippen LogP contribution in [0.4, 0.5) is 8.78 Å². The standard InChI is InChI=1S/C13H17F2NO3/c1-13(2,7-8-17)16-11(18)9-5-3-4-6-10(9)19-12(14)15/h3-6,12,17H,7-8H2,1-2H3,(H,16,18). The average molecular weight is 273 g/mol. The van der Waals surface area contributed by atoms with E-state index in [1.54, 1.807) is 19.9 Å². The van der Waals surface area contributed by atoms with Gasteiger partial charge in [-0.25, -0.2) is 0 Å². The number of hydrogen-bond acceptors (Lipinski definition) is 3. The predicted molar refractivity (Wildman–Crippen MR) is 66.3 cm³/mol. The molecule has 0 atom stereocenters. The van der Waals surface area contributed by atoms with Crippen molar-refractivity contribution in [1.29, 1.82) is 0 Å². The van der Waals surface area contributed by atoms with Gasteiger partial charge < -0.3 is 15.2 Å². The van der Waals surface area contributed by atoms with Crippen molar-refractivity contribution in [3.8, 4) is 5.75 Å². The maximum Gasteiger partial charge on any atom is 0.387 e. The van der Waals surface area contributed by atoms with Crippen molar-refractivity contribution in [3.63, 3.8) is 0 Å². The molecule has 0 unspecified atom stereocenters. The molecule has 1 aromatic rings. The van der Waals surface area contributed by atoms with Gasteiger partial charge in [0.25, 0.3) is 5.91 Å². The summed E-state index contributed by atoms with van der Waals surface area (Å²) in [7, 11) is 0. The Hall–Kier alpha value is -1.69. The number of para-hydroxylation sites is 1. The van der Waals surface area contributed by atoms with Gasteiger partial charge in [-0.2, -0.15) is 8.78 Å². The predicted octanol–water partition coefficient (Wildman–Crippen LogP) is 2.18. The first-order valence-corrected chi connectivity index (χ1v) is 5.83. The second-order valence-electron chi connectivity index (χ2n) is 4.69. The Balaban J connectivity index is 2.87. The van der Waals surface area contributed by atoms with E-state index < -0.39 is 18.1 Å². The molecule has 19 heavy (non-hydrogen) atoms. The summed E-state index contributed by atoms with van der Waals surface area (Å²) >= 11 is 0. The van der Waals surface area contributed by atoms with Gasteiger partial charge in [0.2, 0.25) is 0 Å². The molecule has 4 nitrogen and oxygen atoms in total. The highest BCUT2D eigenvalue weighted by Gasteiger charge is 2.23. The van der Waals surface area contributed by atoms with E-state index in [9.17, 15) is 13.6 Å². The number of halogens is 2. The van der Waals surface area contributed by atoms with Crippen molar-refractivity contribution in [2.75, 3.05) is 6.61 Å². The molecule has 1 amide bonds. The molecule has 0 aliphatic rings. The number of rotatable bonds is 6. The molecule has 0 bridgehead atoms. The largest absolute Gasteiger partial charge is 0.434 e. The summed E-state index contributed by atoms with van der Waals surface area (Å²) in [5.41, 5.74) is -0.599. The topological polar surface area (TPSA) is 58.6 Å². The molecule has 0 spiro atoms. The molecule has 0 aromatic heterocycles. The highest BCUT2D eigenvalue weighted by Crippen LogP contribution is 2.21. The van der Waals surface area contributed by atoms with Crippen LogP contribution in [0.15, 0.2) is 24.3 Å². The van der Waals surface area contributed by atoms with Crippen LogP contribution in [0.1, 0.15) is 30.6 Å². The molecule has 0 aliphatic heterocycles. The average Bonchev–Trinajstić information content (AvgIpc) is 2.27. The first-order valence-electron chi connectivity index (χ1n) is 5.83. The summed E-state index contributed by atoms with van der Waals surface area (Å²) in [6, 6.07) is 5.78. The van der Waals surface area contributed by atoms with Crippen molar-refractivity contribution in [2.45, 2.75) is 32.4 Å². The highest BCUT2D eigenvalue weighted by molar-refractivity contribution is 5.97. The molecule has 106 valence electrons. The number of carbonyl (C=O) groups excluding carboxylic acids is 1. The number of nitrogens with one attached hydrogen (secondary N) is 1. The lowest BCUT2D eigenvalue weighted by Crippen LogP contribution is -2.44. The second kappa shape index (κ2) is 6.47. The molecule has 6 heteroatoms. The van der Waals surface area contributed by atoms with Crippen molar-refractivity contribution < 1.29 is 23.4 Å². The Kier molecular flexibility index (Phi) is 5.23. The second-order valence-corrected chi connectivity index (χ2v) is 4.69. The van der Waals surface area contributed by atoms with Gasteiger partial charge in [0.1, 0.15) is 5.75 Å². The Labute approximate surface area is 110 Å². The minimum absolute atomic E-state index is 0.0359. The maximum atomic E-state index is 12.2. The van der Waals surface area contributed by atoms with Crippen LogP contribution in [-0.2, 0) is 0 Å². The minimum Gasteiger partial charge on any atom is -0.434 e. The third-order valence-electron chi connectivity index (χ3n) is 2.54. The number of hydrogen-bond donors (Lipinski definition) is 2. The monoisotopic (exact) mass is 273 g/mol. The van der Waals surface area contributed by atoms with E-state index in [4.69, 9.17) is 5.11 Å². The number of benzene rings is 1. The summed E-state index contributed by atoms with van der Waals surface area (Å²) in [5, 5.41) is 11.5. The summed E-state index contributed by atoms with van der Waals surface area (Å²) in [6.45, 7) is 0.400.